The Labute approximate surface area is 135 Å². The first-order chi connectivity index (χ1) is 9.47. The Morgan fingerprint density at radius 3 is 2.75 bits per heavy atom. The first-order valence-electron chi connectivity index (χ1n) is 5.93. The second-order valence-electron chi connectivity index (χ2n) is 4.33. The van der Waals surface area contributed by atoms with Crippen molar-refractivity contribution in [3.63, 3.8) is 0 Å². The number of aliphatic carboxylic acids is 1. The molecule has 2 N–H and O–H groups in total. The Morgan fingerprint density at radius 2 is 2.25 bits per heavy atom. The van der Waals surface area contributed by atoms with E-state index in [2.05, 4.69) is 5.32 Å². The second-order valence-corrected chi connectivity index (χ2v) is 7.60. The summed E-state index contributed by atoms with van der Waals surface area (Å²) in [5, 5.41) is 14.3. The van der Waals surface area contributed by atoms with E-state index in [1.54, 1.807) is 0 Å². The number of carboxylic acids is 1. The largest absolute Gasteiger partial charge is 0.481 e. The molecule has 0 radical (unpaired) electrons. The van der Waals surface area contributed by atoms with Crippen molar-refractivity contribution in [1.29, 1.82) is 0 Å². The third-order valence-corrected chi connectivity index (χ3v) is 5.37. The molecule has 2 aromatic heterocycles. The van der Waals surface area contributed by atoms with Crippen molar-refractivity contribution in [2.75, 3.05) is 0 Å². The highest BCUT2D eigenvalue weighted by Crippen LogP contribution is 2.36. The van der Waals surface area contributed by atoms with Crippen LogP contribution in [0.2, 0.25) is 8.67 Å². The van der Waals surface area contributed by atoms with Crippen LogP contribution in [0.3, 0.4) is 0 Å². The zero-order valence-corrected chi connectivity index (χ0v) is 13.7. The molecule has 0 aliphatic heterocycles. The van der Waals surface area contributed by atoms with Gasteiger partial charge in [-0.2, -0.15) is 0 Å². The molecule has 2 unspecified atom stereocenters. The van der Waals surface area contributed by atoms with Crippen LogP contribution < -0.4 is 5.32 Å². The Balaban J connectivity index is 2.15. The average Bonchev–Trinajstić information content (AvgIpc) is 2.97. The highest BCUT2D eigenvalue weighted by Gasteiger charge is 2.21. The fourth-order valence-corrected chi connectivity index (χ4v) is 4.38. The van der Waals surface area contributed by atoms with Crippen LogP contribution in [0.15, 0.2) is 23.6 Å². The topological polar surface area (TPSA) is 49.3 Å². The van der Waals surface area contributed by atoms with Crippen molar-refractivity contribution in [2.45, 2.75) is 25.4 Å². The van der Waals surface area contributed by atoms with E-state index < -0.39 is 5.97 Å². The lowest BCUT2D eigenvalue weighted by molar-refractivity contribution is -0.137. The van der Waals surface area contributed by atoms with Gasteiger partial charge in [0.1, 0.15) is 0 Å². The number of nitrogens with one attached hydrogen (secondary N) is 1. The number of halogens is 2. The Hall–Kier alpha value is -0.590. The minimum absolute atomic E-state index is 0.0281. The third-order valence-electron chi connectivity index (χ3n) is 2.87. The van der Waals surface area contributed by atoms with Gasteiger partial charge in [-0.15, -0.1) is 22.7 Å². The number of carbonyl (C=O) groups is 1. The monoisotopic (exact) mass is 349 g/mol. The van der Waals surface area contributed by atoms with Crippen molar-refractivity contribution in [3.8, 4) is 0 Å². The van der Waals surface area contributed by atoms with Crippen LogP contribution in [0.4, 0.5) is 0 Å². The summed E-state index contributed by atoms with van der Waals surface area (Å²) >= 11 is 14.9. The van der Waals surface area contributed by atoms with E-state index in [4.69, 9.17) is 28.3 Å². The first-order valence-corrected chi connectivity index (χ1v) is 8.38. The summed E-state index contributed by atoms with van der Waals surface area (Å²) < 4.78 is 1.26. The minimum atomic E-state index is -0.836. The summed E-state index contributed by atoms with van der Waals surface area (Å²) in [5.41, 5.74) is 0.897. The van der Waals surface area contributed by atoms with Crippen LogP contribution in [0, 0.1) is 0 Å². The molecule has 0 bridgehead atoms. The lowest BCUT2D eigenvalue weighted by Gasteiger charge is -2.21. The third kappa shape index (κ3) is 3.96. The predicted molar refractivity (Wildman–Crippen MR) is 85.2 cm³/mol. The van der Waals surface area contributed by atoms with Crippen molar-refractivity contribution in [2.24, 2.45) is 0 Å². The average molecular weight is 350 g/mol. The van der Waals surface area contributed by atoms with Gasteiger partial charge in [-0.3, -0.25) is 4.79 Å². The number of rotatable bonds is 6. The van der Waals surface area contributed by atoms with Gasteiger partial charge in [0.25, 0.3) is 0 Å². The fourth-order valence-electron chi connectivity index (χ4n) is 1.95. The number of carboxylic acid groups (broad SMARTS) is 1. The van der Waals surface area contributed by atoms with Crippen molar-refractivity contribution in [1.82, 2.24) is 5.32 Å². The molecule has 0 aliphatic rings. The van der Waals surface area contributed by atoms with Crippen LogP contribution in [-0.4, -0.2) is 11.1 Å². The van der Waals surface area contributed by atoms with Crippen LogP contribution in [0.25, 0.3) is 0 Å². The van der Waals surface area contributed by atoms with Gasteiger partial charge in [-0.25, -0.2) is 0 Å². The highest BCUT2D eigenvalue weighted by atomic mass is 35.5. The Kier molecular flexibility index (Phi) is 5.46. The summed E-state index contributed by atoms with van der Waals surface area (Å²) in [6, 6.07) is 5.35. The number of hydrogen-bond donors (Lipinski definition) is 2. The molecule has 2 atom stereocenters. The molecule has 0 saturated carbocycles. The van der Waals surface area contributed by atoms with E-state index in [9.17, 15) is 4.79 Å². The zero-order valence-electron chi connectivity index (χ0n) is 10.6. The molecule has 0 aromatic carbocycles. The van der Waals surface area contributed by atoms with E-state index in [0.29, 0.717) is 8.67 Å². The van der Waals surface area contributed by atoms with E-state index in [-0.39, 0.29) is 18.5 Å². The quantitative estimate of drug-likeness (QED) is 0.772. The van der Waals surface area contributed by atoms with Gasteiger partial charge in [-0.05, 0) is 30.0 Å². The summed E-state index contributed by atoms with van der Waals surface area (Å²) in [5.74, 6) is -0.836. The summed E-state index contributed by atoms with van der Waals surface area (Å²) in [7, 11) is 0. The molecule has 2 heterocycles. The molecule has 0 fully saturated rings. The molecule has 3 nitrogen and oxygen atoms in total. The molecule has 108 valence electrons. The minimum Gasteiger partial charge on any atom is -0.481 e. The fraction of sp³-hybridized carbons (Fsp3) is 0.308. The SMILES string of the molecule is CC(NC(CC(=O)O)c1cccs1)c1cc(Cl)sc1Cl. The molecule has 20 heavy (non-hydrogen) atoms. The second kappa shape index (κ2) is 6.91. The van der Waals surface area contributed by atoms with E-state index in [0.717, 1.165) is 10.4 Å². The van der Waals surface area contributed by atoms with Crippen LogP contribution in [-0.2, 0) is 4.79 Å². The van der Waals surface area contributed by atoms with Crippen LogP contribution in [0.5, 0.6) is 0 Å². The van der Waals surface area contributed by atoms with Crippen molar-refractivity contribution in [3.05, 3.63) is 42.7 Å². The van der Waals surface area contributed by atoms with Gasteiger partial charge in [-0.1, -0.05) is 29.3 Å². The highest BCUT2D eigenvalue weighted by molar-refractivity contribution is 7.20. The van der Waals surface area contributed by atoms with Crippen molar-refractivity contribution < 1.29 is 9.90 Å². The molecule has 2 aromatic rings. The van der Waals surface area contributed by atoms with Crippen LogP contribution >= 0.6 is 45.9 Å². The normalized spacial score (nSPS) is 14.2. The van der Waals surface area contributed by atoms with Gasteiger partial charge in [0.05, 0.1) is 21.1 Å². The standard InChI is InChI=1S/C13H13Cl2NO2S2/c1-7(8-5-11(14)20-13(8)15)16-9(6-12(17)18)10-3-2-4-19-10/h2-5,7,9,16H,6H2,1H3,(H,17,18). The van der Waals surface area contributed by atoms with Crippen molar-refractivity contribution >= 4 is 51.8 Å². The van der Waals surface area contributed by atoms with Gasteiger partial charge in [0.15, 0.2) is 0 Å². The van der Waals surface area contributed by atoms with E-state index in [1.807, 2.05) is 30.5 Å². The molecule has 0 amide bonds. The molecule has 0 spiro atoms. The summed E-state index contributed by atoms with van der Waals surface area (Å²) in [6.45, 7) is 1.95. The van der Waals surface area contributed by atoms with E-state index in [1.165, 1.54) is 22.7 Å². The maximum atomic E-state index is 11.0. The summed E-state index contributed by atoms with van der Waals surface area (Å²) in [6.07, 6.45) is 0.0281. The first kappa shape index (κ1) is 15.8. The Bertz CT molecular complexity index is 583. The lowest BCUT2D eigenvalue weighted by Crippen LogP contribution is -2.26. The van der Waals surface area contributed by atoms with Gasteiger partial charge in [0, 0.05) is 10.9 Å². The van der Waals surface area contributed by atoms with Gasteiger partial charge in [0.2, 0.25) is 0 Å². The number of hydrogen-bond acceptors (Lipinski definition) is 4. The Morgan fingerprint density at radius 1 is 1.50 bits per heavy atom. The molecule has 0 aliphatic carbocycles. The van der Waals surface area contributed by atoms with E-state index >= 15 is 0 Å². The smallest absolute Gasteiger partial charge is 0.305 e. The number of thiophene rings is 2. The molecule has 2 rings (SSSR count). The predicted octanol–water partition coefficient (Wildman–Crippen LogP) is 4.98. The summed E-state index contributed by atoms with van der Waals surface area (Å²) in [4.78, 5) is 12.0. The molecule has 0 saturated heterocycles. The molecular weight excluding hydrogens is 337 g/mol. The molecule has 7 heteroatoms. The molecular formula is C13H13Cl2NO2S2. The maximum Gasteiger partial charge on any atom is 0.305 e. The van der Waals surface area contributed by atoms with Gasteiger partial charge >= 0.3 is 5.97 Å². The van der Waals surface area contributed by atoms with Gasteiger partial charge < -0.3 is 10.4 Å². The lowest BCUT2D eigenvalue weighted by atomic mass is 10.1. The van der Waals surface area contributed by atoms with Crippen LogP contribution in [0.1, 0.15) is 35.9 Å². The zero-order chi connectivity index (χ0) is 14.7. The maximum absolute atomic E-state index is 11.0.